The summed E-state index contributed by atoms with van der Waals surface area (Å²) in [5.41, 5.74) is 1.34. The van der Waals surface area contributed by atoms with E-state index in [2.05, 4.69) is 10.3 Å². The molecule has 3 aromatic heterocycles. The van der Waals surface area contributed by atoms with Crippen LogP contribution < -0.4 is 10.1 Å². The number of likely N-dealkylation sites (tertiary alicyclic amines) is 1. The standard InChI is InChI=1S/C26H26FN5O3S2/c1-15-24(32-12-13-36-25(32)29-15)35-26(34)28-14-17-6-4-5-11-31(17)23(33)20-21(18-7-2-3-8-19(18)27)37-22(30-20)16-9-10-16/h2-3,7-8,12-13,16-17H,4-6,9-11,14H2,1H3,(H,28,34)/t17-/m0/s1. The van der Waals surface area contributed by atoms with Crippen LogP contribution in [0.1, 0.15) is 59.2 Å². The molecule has 1 saturated carbocycles. The fourth-order valence-corrected chi connectivity index (χ4v) is 6.76. The van der Waals surface area contributed by atoms with Crippen molar-refractivity contribution in [1.29, 1.82) is 0 Å². The van der Waals surface area contributed by atoms with E-state index in [1.54, 1.807) is 40.6 Å². The molecule has 0 radical (unpaired) electrons. The zero-order valence-electron chi connectivity index (χ0n) is 20.3. The number of thiazole rings is 2. The van der Waals surface area contributed by atoms with Gasteiger partial charge in [0.05, 0.1) is 9.88 Å². The quantitative estimate of drug-likeness (QED) is 0.343. The summed E-state index contributed by atoms with van der Waals surface area (Å²) >= 11 is 2.88. The number of carbonyl (C=O) groups excluding carboxylic acids is 2. The Morgan fingerprint density at radius 2 is 2.03 bits per heavy atom. The lowest BCUT2D eigenvalue weighted by atomic mass is 10.0. The van der Waals surface area contributed by atoms with Gasteiger partial charge in [-0.2, -0.15) is 0 Å². The molecule has 8 nitrogen and oxygen atoms in total. The van der Waals surface area contributed by atoms with Crippen molar-refractivity contribution in [3.8, 4) is 16.3 Å². The SMILES string of the molecule is Cc1nc2sccn2c1OC(=O)NC[C@@H]1CCCCN1C(=O)c1nc(C2CC2)sc1-c1ccccc1F. The van der Waals surface area contributed by atoms with Gasteiger partial charge in [-0.15, -0.1) is 22.7 Å². The molecule has 6 rings (SSSR count). The number of aromatic nitrogens is 3. The lowest BCUT2D eigenvalue weighted by molar-refractivity contribution is 0.0607. The number of nitrogens with zero attached hydrogens (tertiary/aromatic N) is 4. The highest BCUT2D eigenvalue weighted by atomic mass is 32.1. The molecule has 192 valence electrons. The van der Waals surface area contributed by atoms with Crippen LogP contribution in [0.3, 0.4) is 0 Å². The predicted octanol–water partition coefficient (Wildman–Crippen LogP) is 5.63. The van der Waals surface area contributed by atoms with E-state index in [0.29, 0.717) is 40.2 Å². The molecule has 2 amide bonds. The summed E-state index contributed by atoms with van der Waals surface area (Å²) in [4.78, 5) is 38.7. The van der Waals surface area contributed by atoms with Gasteiger partial charge in [-0.25, -0.2) is 19.2 Å². The maximum atomic E-state index is 14.7. The number of hydrogen-bond acceptors (Lipinski definition) is 7. The number of aryl methyl sites for hydroxylation is 1. The first-order chi connectivity index (χ1) is 18.0. The third-order valence-corrected chi connectivity index (χ3v) is 8.84. The summed E-state index contributed by atoms with van der Waals surface area (Å²) in [6.07, 6.45) is 5.88. The minimum Gasteiger partial charge on any atom is -0.391 e. The second-order valence-corrected chi connectivity index (χ2v) is 11.4. The average Bonchev–Trinajstić information content (AvgIpc) is 3.38. The fraction of sp³-hybridized carbons (Fsp3) is 0.385. The smallest absolute Gasteiger partial charge is 0.391 e. The van der Waals surface area contributed by atoms with Gasteiger partial charge in [0.15, 0.2) is 4.96 Å². The van der Waals surface area contributed by atoms with E-state index in [1.165, 1.54) is 28.7 Å². The molecule has 2 fully saturated rings. The van der Waals surface area contributed by atoms with Crippen LogP contribution in [-0.4, -0.2) is 50.4 Å². The minimum absolute atomic E-state index is 0.207. The van der Waals surface area contributed by atoms with Gasteiger partial charge in [0.2, 0.25) is 5.88 Å². The highest BCUT2D eigenvalue weighted by Gasteiger charge is 2.35. The van der Waals surface area contributed by atoms with Crippen molar-refractivity contribution < 1.29 is 18.7 Å². The number of nitrogens with one attached hydrogen (secondary N) is 1. The second-order valence-electron chi connectivity index (χ2n) is 9.46. The van der Waals surface area contributed by atoms with E-state index >= 15 is 0 Å². The summed E-state index contributed by atoms with van der Waals surface area (Å²) < 4.78 is 22.0. The summed E-state index contributed by atoms with van der Waals surface area (Å²) in [7, 11) is 0. The molecule has 37 heavy (non-hydrogen) atoms. The van der Waals surface area contributed by atoms with Crippen LogP contribution in [-0.2, 0) is 0 Å². The third kappa shape index (κ3) is 4.73. The van der Waals surface area contributed by atoms with E-state index < -0.39 is 6.09 Å². The highest BCUT2D eigenvalue weighted by Crippen LogP contribution is 2.45. The Labute approximate surface area is 221 Å². The molecule has 1 N–H and O–H groups in total. The maximum absolute atomic E-state index is 14.7. The van der Waals surface area contributed by atoms with Gasteiger partial charge in [-0.1, -0.05) is 18.2 Å². The van der Waals surface area contributed by atoms with Crippen LogP contribution in [0, 0.1) is 12.7 Å². The summed E-state index contributed by atoms with van der Waals surface area (Å²) in [5, 5.41) is 5.60. The number of rotatable bonds is 6. The molecule has 2 aliphatic rings. The largest absolute Gasteiger partial charge is 0.414 e. The number of fused-ring (bicyclic) bond motifs is 1. The van der Waals surface area contributed by atoms with Gasteiger partial charge in [0, 0.05) is 42.2 Å². The van der Waals surface area contributed by atoms with Crippen LogP contribution in [0.25, 0.3) is 15.4 Å². The van der Waals surface area contributed by atoms with Crippen LogP contribution in [0.2, 0.25) is 0 Å². The monoisotopic (exact) mass is 539 g/mol. The average molecular weight is 540 g/mol. The van der Waals surface area contributed by atoms with Crippen molar-refractivity contribution in [1.82, 2.24) is 24.6 Å². The Morgan fingerprint density at radius 3 is 2.84 bits per heavy atom. The van der Waals surface area contributed by atoms with Gasteiger partial charge in [-0.3, -0.25) is 9.20 Å². The van der Waals surface area contributed by atoms with E-state index in [0.717, 1.165) is 42.1 Å². The van der Waals surface area contributed by atoms with Gasteiger partial charge < -0.3 is 15.0 Å². The molecular weight excluding hydrogens is 513 g/mol. The number of imidazole rings is 1. The zero-order chi connectivity index (χ0) is 25.5. The topological polar surface area (TPSA) is 88.8 Å². The summed E-state index contributed by atoms with van der Waals surface area (Å²) in [6, 6.07) is 6.31. The third-order valence-electron chi connectivity index (χ3n) is 6.83. The van der Waals surface area contributed by atoms with E-state index in [-0.39, 0.29) is 24.3 Å². The number of halogens is 1. The first-order valence-electron chi connectivity index (χ1n) is 12.4. The summed E-state index contributed by atoms with van der Waals surface area (Å²) in [6.45, 7) is 2.61. The molecule has 11 heteroatoms. The van der Waals surface area contributed by atoms with Gasteiger partial charge in [0.1, 0.15) is 17.2 Å². The molecule has 0 spiro atoms. The van der Waals surface area contributed by atoms with Crippen molar-refractivity contribution in [3.63, 3.8) is 0 Å². The number of hydrogen-bond donors (Lipinski definition) is 1. The second kappa shape index (κ2) is 9.86. The molecule has 4 aromatic rings. The number of ether oxygens (including phenoxy) is 1. The van der Waals surface area contributed by atoms with E-state index in [1.807, 2.05) is 5.38 Å². The highest BCUT2D eigenvalue weighted by molar-refractivity contribution is 7.15. The van der Waals surface area contributed by atoms with E-state index in [4.69, 9.17) is 9.72 Å². The maximum Gasteiger partial charge on any atom is 0.414 e. The zero-order valence-corrected chi connectivity index (χ0v) is 21.9. The fourth-order valence-electron chi connectivity index (χ4n) is 4.75. The van der Waals surface area contributed by atoms with Gasteiger partial charge in [-0.05, 0) is 45.1 Å². The lowest BCUT2D eigenvalue weighted by Crippen LogP contribution is -2.50. The van der Waals surface area contributed by atoms with Crippen molar-refractivity contribution >= 4 is 39.6 Å². The molecule has 1 saturated heterocycles. The first-order valence-corrected chi connectivity index (χ1v) is 14.1. The Hall–Kier alpha value is -3.31. The molecule has 1 aliphatic heterocycles. The van der Waals surface area contributed by atoms with Crippen LogP contribution in [0.15, 0.2) is 35.8 Å². The molecule has 0 bridgehead atoms. The molecule has 0 unspecified atom stereocenters. The first kappa shape index (κ1) is 24.1. The molecule has 1 aromatic carbocycles. The Morgan fingerprint density at radius 1 is 1.19 bits per heavy atom. The number of piperidine rings is 1. The molecule has 4 heterocycles. The van der Waals surface area contributed by atoms with Crippen molar-refractivity contribution in [2.24, 2.45) is 0 Å². The molecule has 1 atom stereocenters. The van der Waals surface area contributed by atoms with Gasteiger partial charge >= 0.3 is 6.09 Å². The van der Waals surface area contributed by atoms with Gasteiger partial charge in [0.25, 0.3) is 5.91 Å². The van der Waals surface area contributed by atoms with Crippen LogP contribution in [0.4, 0.5) is 9.18 Å². The molecule has 1 aliphatic carbocycles. The Bertz CT molecular complexity index is 1470. The van der Waals surface area contributed by atoms with E-state index in [9.17, 15) is 14.0 Å². The minimum atomic E-state index is -0.592. The summed E-state index contributed by atoms with van der Waals surface area (Å²) in [5.74, 6) is 0.159. The number of benzene rings is 1. The van der Waals surface area contributed by atoms with Crippen molar-refractivity contribution in [3.05, 3.63) is 58.1 Å². The lowest BCUT2D eigenvalue weighted by Gasteiger charge is -2.35. The number of amides is 2. The van der Waals surface area contributed by atoms with Crippen LogP contribution >= 0.6 is 22.7 Å². The van der Waals surface area contributed by atoms with Crippen LogP contribution in [0.5, 0.6) is 5.88 Å². The Balaban J connectivity index is 1.20. The Kier molecular flexibility index (Phi) is 6.41. The normalized spacial score (nSPS) is 17.8. The molecular formula is C26H26FN5O3S2. The van der Waals surface area contributed by atoms with Crippen molar-refractivity contribution in [2.45, 2.75) is 51.0 Å². The van der Waals surface area contributed by atoms with Crippen molar-refractivity contribution in [2.75, 3.05) is 13.1 Å². The predicted molar refractivity (Wildman–Crippen MR) is 140 cm³/mol. The number of carbonyl (C=O) groups is 2.